The molecule has 2 heterocycles. The predicted molar refractivity (Wildman–Crippen MR) is 93.7 cm³/mol. The highest BCUT2D eigenvalue weighted by molar-refractivity contribution is 6.50. The first kappa shape index (κ1) is 20.2. The van der Waals surface area contributed by atoms with E-state index in [1.165, 1.54) is 0 Å². The van der Waals surface area contributed by atoms with E-state index in [0.29, 0.717) is 12.3 Å². The maximum atomic E-state index is 12.0. The molecule has 0 aliphatic heterocycles. The quantitative estimate of drug-likeness (QED) is 0.214. The Balaban J connectivity index is 0.000000465. The molecule has 0 saturated carbocycles. The van der Waals surface area contributed by atoms with Crippen molar-refractivity contribution in [1.29, 1.82) is 5.39 Å². The van der Waals surface area contributed by atoms with Gasteiger partial charge in [-0.05, 0) is 18.6 Å². The summed E-state index contributed by atoms with van der Waals surface area (Å²) in [5.41, 5.74) is 2.43. The van der Waals surface area contributed by atoms with Crippen molar-refractivity contribution in [3.05, 3.63) is 41.1 Å². The van der Waals surface area contributed by atoms with Crippen molar-refractivity contribution in [3.8, 4) is 0 Å². The normalized spacial score (nSPS) is 11.0. The first-order valence-electron chi connectivity index (χ1n) is 8.04. The number of diazo groups is 1. The molecule has 27 heavy (non-hydrogen) atoms. The molecule has 0 atom stereocenters. The number of aromatic amines is 1. The van der Waals surface area contributed by atoms with Gasteiger partial charge in [-0.1, -0.05) is 13.3 Å². The van der Waals surface area contributed by atoms with Crippen LogP contribution in [0.2, 0.25) is 0 Å². The molecule has 0 fully saturated rings. The zero-order valence-electron chi connectivity index (χ0n) is 14.3. The summed E-state index contributed by atoms with van der Waals surface area (Å²) >= 11 is 0. The molecule has 3 rings (SSSR count). The number of nitrogens with one attached hydrogen (secondary N) is 1. The standard InChI is InChI=1S/C16H14N4O2.BF4/c1-2-3-6-22-16(21)14-8-12-11-7-10(20-17)4-5-13(11)19-15(12)9-18-14;2-1(3,4)5/h4-5,7-9H,2-3,6H2,1H3;/q;-1/p+1. The molecule has 11 heteroatoms. The lowest BCUT2D eigenvalue weighted by Gasteiger charge is -2.03. The third kappa shape index (κ3) is 5.67. The van der Waals surface area contributed by atoms with Crippen LogP contribution in [-0.4, -0.2) is 29.8 Å². The Bertz CT molecular complexity index is 992. The largest absolute Gasteiger partial charge is 0.673 e. The summed E-state index contributed by atoms with van der Waals surface area (Å²) in [5.74, 6) is -0.423. The molecule has 3 aromatic rings. The van der Waals surface area contributed by atoms with Crippen LogP contribution in [0.1, 0.15) is 30.3 Å². The third-order valence-corrected chi connectivity index (χ3v) is 3.52. The maximum absolute atomic E-state index is 12.0. The number of fused-ring (bicyclic) bond motifs is 3. The van der Waals surface area contributed by atoms with Gasteiger partial charge < -0.3 is 27.0 Å². The summed E-state index contributed by atoms with van der Waals surface area (Å²) in [6.07, 6.45) is 3.42. The number of hydrogen-bond donors (Lipinski definition) is 1. The minimum absolute atomic E-state index is 0.274. The van der Waals surface area contributed by atoms with Gasteiger partial charge in [-0.3, -0.25) is 0 Å². The third-order valence-electron chi connectivity index (χ3n) is 3.52. The van der Waals surface area contributed by atoms with E-state index in [0.717, 1.165) is 34.6 Å². The summed E-state index contributed by atoms with van der Waals surface area (Å²) in [6.45, 7) is 2.43. The number of carbonyl (C=O) groups excluding carboxylic acids is 1. The van der Waals surface area contributed by atoms with Crippen LogP contribution in [0.5, 0.6) is 0 Å². The van der Waals surface area contributed by atoms with Gasteiger partial charge in [0.2, 0.25) is 5.39 Å². The van der Waals surface area contributed by atoms with Gasteiger partial charge in [-0.25, -0.2) is 9.78 Å². The molecule has 0 saturated heterocycles. The number of H-pyrrole nitrogens is 1. The monoisotopic (exact) mass is 382 g/mol. The summed E-state index contributed by atoms with van der Waals surface area (Å²) in [7, 11) is -6.00. The number of esters is 1. The SMILES string of the molecule is CCCCOC(=O)c1cc2c(cn1)[nH]c1ccc([N+]#N)cc12.F[B-](F)(F)F. The molecular formula is C16H15BF4N4O2. The maximum Gasteiger partial charge on any atom is 0.673 e. The molecule has 0 bridgehead atoms. The van der Waals surface area contributed by atoms with Crippen molar-refractivity contribution >= 4 is 40.7 Å². The first-order valence-corrected chi connectivity index (χ1v) is 8.04. The van der Waals surface area contributed by atoms with E-state index in [1.54, 1.807) is 24.4 Å². The summed E-state index contributed by atoms with van der Waals surface area (Å²) in [5, 5.41) is 10.6. The molecule has 6 nitrogen and oxygen atoms in total. The lowest BCUT2D eigenvalue weighted by Crippen LogP contribution is -2.08. The Morgan fingerprint density at radius 1 is 1.22 bits per heavy atom. The van der Waals surface area contributed by atoms with E-state index < -0.39 is 13.2 Å². The van der Waals surface area contributed by atoms with Crippen molar-refractivity contribution in [2.24, 2.45) is 0 Å². The van der Waals surface area contributed by atoms with E-state index in [4.69, 9.17) is 10.1 Å². The fraction of sp³-hybridized carbons (Fsp3) is 0.250. The fourth-order valence-corrected chi connectivity index (χ4v) is 2.34. The van der Waals surface area contributed by atoms with Gasteiger partial charge in [-0.2, -0.15) is 0 Å². The van der Waals surface area contributed by atoms with E-state index in [2.05, 4.69) is 14.9 Å². The number of unbranched alkanes of at least 4 members (excludes halogenated alkanes) is 1. The Kier molecular flexibility index (Phi) is 6.34. The number of aromatic nitrogens is 2. The topological polar surface area (TPSA) is 83.1 Å². The number of pyridine rings is 1. The van der Waals surface area contributed by atoms with Gasteiger partial charge in [0, 0.05) is 28.4 Å². The van der Waals surface area contributed by atoms with Crippen LogP contribution in [0.3, 0.4) is 0 Å². The molecule has 0 amide bonds. The van der Waals surface area contributed by atoms with Gasteiger partial charge in [0.25, 0.3) is 0 Å². The molecule has 0 unspecified atom stereocenters. The minimum atomic E-state index is -6.00. The molecule has 0 aliphatic rings. The number of hydrogen-bond acceptors (Lipinski definition) is 4. The van der Waals surface area contributed by atoms with Crippen LogP contribution in [0.4, 0.5) is 23.0 Å². The molecule has 142 valence electrons. The highest BCUT2D eigenvalue weighted by atomic mass is 19.5. The van der Waals surface area contributed by atoms with Gasteiger partial charge in [0.1, 0.15) is 5.69 Å². The Hall–Kier alpha value is -3.16. The van der Waals surface area contributed by atoms with Crippen molar-refractivity contribution in [1.82, 2.24) is 9.97 Å². The number of ether oxygens (including phenoxy) is 1. The molecule has 0 aliphatic carbocycles. The highest BCUT2D eigenvalue weighted by Crippen LogP contribution is 2.29. The van der Waals surface area contributed by atoms with Gasteiger partial charge in [-0.15, -0.1) is 0 Å². The van der Waals surface area contributed by atoms with Crippen molar-refractivity contribution in [2.45, 2.75) is 19.8 Å². The first-order chi connectivity index (χ1) is 12.7. The second kappa shape index (κ2) is 8.48. The summed E-state index contributed by atoms with van der Waals surface area (Å²) < 4.78 is 44.2. The number of nitrogens with zero attached hydrogens (tertiary/aromatic N) is 3. The molecule has 2 aromatic heterocycles. The lowest BCUT2D eigenvalue weighted by atomic mass is 10.1. The second-order valence-corrected chi connectivity index (χ2v) is 5.55. The number of carbonyl (C=O) groups is 1. The van der Waals surface area contributed by atoms with Crippen LogP contribution in [0.15, 0.2) is 30.5 Å². The van der Waals surface area contributed by atoms with E-state index in [-0.39, 0.29) is 5.69 Å². The van der Waals surface area contributed by atoms with Crippen molar-refractivity contribution < 1.29 is 26.8 Å². The average molecular weight is 382 g/mol. The zero-order chi connectivity index (χ0) is 20.0. The van der Waals surface area contributed by atoms with Crippen LogP contribution in [0.25, 0.3) is 26.8 Å². The van der Waals surface area contributed by atoms with Gasteiger partial charge in [0.05, 0.1) is 18.3 Å². The van der Waals surface area contributed by atoms with E-state index >= 15 is 0 Å². The molecular weight excluding hydrogens is 367 g/mol. The minimum Gasteiger partial charge on any atom is -0.461 e. The van der Waals surface area contributed by atoms with Crippen LogP contribution >= 0.6 is 0 Å². The number of halogens is 4. The smallest absolute Gasteiger partial charge is 0.461 e. The van der Waals surface area contributed by atoms with Crippen molar-refractivity contribution in [3.63, 3.8) is 0 Å². The van der Waals surface area contributed by atoms with Gasteiger partial charge >= 0.3 is 18.9 Å². The Morgan fingerprint density at radius 2 is 1.89 bits per heavy atom. The predicted octanol–water partition coefficient (Wildman–Crippen LogP) is 5.46. The number of benzene rings is 1. The van der Waals surface area contributed by atoms with Gasteiger partial charge in [0.15, 0.2) is 4.98 Å². The fourth-order valence-electron chi connectivity index (χ4n) is 2.34. The molecule has 0 spiro atoms. The van der Waals surface area contributed by atoms with Crippen molar-refractivity contribution in [2.75, 3.05) is 6.61 Å². The molecule has 1 aromatic carbocycles. The summed E-state index contributed by atoms with van der Waals surface area (Å²) in [6, 6.07) is 6.97. The lowest BCUT2D eigenvalue weighted by molar-refractivity contribution is 0.0493. The summed E-state index contributed by atoms with van der Waals surface area (Å²) in [4.78, 5) is 22.5. The Labute approximate surface area is 151 Å². The zero-order valence-corrected chi connectivity index (χ0v) is 14.3. The van der Waals surface area contributed by atoms with E-state index in [1.807, 2.05) is 13.0 Å². The molecule has 0 radical (unpaired) electrons. The van der Waals surface area contributed by atoms with Crippen LogP contribution in [0, 0.1) is 5.39 Å². The van der Waals surface area contributed by atoms with E-state index in [9.17, 15) is 22.1 Å². The highest BCUT2D eigenvalue weighted by Gasteiger charge is 2.20. The Morgan fingerprint density at radius 3 is 2.52 bits per heavy atom. The average Bonchev–Trinajstić information content (AvgIpc) is 2.97. The van der Waals surface area contributed by atoms with Crippen LogP contribution < -0.4 is 0 Å². The van der Waals surface area contributed by atoms with Crippen LogP contribution in [-0.2, 0) is 4.74 Å². The second-order valence-electron chi connectivity index (χ2n) is 5.55. The number of rotatable bonds is 4. The molecule has 1 N–H and O–H groups in total.